The molecule has 1 aromatic rings. The minimum Gasteiger partial charge on any atom is -0.346 e. The molecule has 3 unspecified atom stereocenters. The number of thiazole rings is 1. The Morgan fingerprint density at radius 1 is 1.37 bits per heavy atom. The molecule has 3 heterocycles. The fourth-order valence-electron chi connectivity index (χ4n) is 3.25. The van der Waals surface area contributed by atoms with Gasteiger partial charge in [0.15, 0.2) is 5.13 Å². The van der Waals surface area contributed by atoms with Crippen molar-refractivity contribution in [3.05, 3.63) is 11.1 Å². The van der Waals surface area contributed by atoms with Crippen molar-refractivity contribution < 1.29 is 0 Å². The first-order chi connectivity index (χ1) is 9.19. The number of hydrogen-bond acceptors (Lipinski definition) is 5. The minimum atomic E-state index is 0.344. The summed E-state index contributed by atoms with van der Waals surface area (Å²) < 4.78 is 0. The lowest BCUT2D eigenvalue weighted by molar-refractivity contribution is 0.254. The fraction of sp³-hybridized carbons (Fsp3) is 0.786. The van der Waals surface area contributed by atoms with Gasteiger partial charge in [0.25, 0.3) is 0 Å². The zero-order chi connectivity index (χ0) is 13.4. The summed E-state index contributed by atoms with van der Waals surface area (Å²) in [6.45, 7) is 4.47. The maximum atomic E-state index is 4.82. The molecule has 2 aliphatic rings. The van der Waals surface area contributed by atoms with Crippen LogP contribution in [0.15, 0.2) is 5.38 Å². The van der Waals surface area contributed by atoms with Gasteiger partial charge in [-0.2, -0.15) is 0 Å². The summed E-state index contributed by atoms with van der Waals surface area (Å²) in [5, 5.41) is 6.67. The van der Waals surface area contributed by atoms with Gasteiger partial charge in [-0.1, -0.05) is 0 Å². The van der Waals surface area contributed by atoms with Crippen LogP contribution in [-0.2, 0) is 0 Å². The van der Waals surface area contributed by atoms with Crippen LogP contribution in [0.2, 0.25) is 0 Å². The predicted octanol–water partition coefficient (Wildman–Crippen LogP) is 2.10. The van der Waals surface area contributed by atoms with Gasteiger partial charge in [-0.05, 0) is 40.3 Å². The Balaban J connectivity index is 1.74. The van der Waals surface area contributed by atoms with Crippen molar-refractivity contribution in [1.82, 2.24) is 15.2 Å². The Hall–Kier alpha value is -0.650. The number of hydrogen-bond donors (Lipinski definition) is 1. The number of fused-ring (bicyclic) bond motifs is 2. The second-order valence-corrected chi connectivity index (χ2v) is 6.69. The molecule has 2 bridgehead atoms. The van der Waals surface area contributed by atoms with E-state index < -0.39 is 0 Å². The predicted molar refractivity (Wildman–Crippen MR) is 81.0 cm³/mol. The van der Waals surface area contributed by atoms with Gasteiger partial charge in [0.2, 0.25) is 0 Å². The minimum absolute atomic E-state index is 0.344. The summed E-state index contributed by atoms with van der Waals surface area (Å²) in [5.41, 5.74) is 1.17. The number of likely N-dealkylation sites (N-methyl/N-ethyl adjacent to an activating group) is 1. The molecule has 0 saturated carbocycles. The lowest BCUT2D eigenvalue weighted by Gasteiger charge is -2.25. The van der Waals surface area contributed by atoms with Crippen LogP contribution < -0.4 is 10.2 Å². The highest BCUT2D eigenvalue weighted by Crippen LogP contribution is 2.32. The summed E-state index contributed by atoms with van der Waals surface area (Å²) in [5.74, 6) is 0. The molecule has 0 spiro atoms. The van der Waals surface area contributed by atoms with Crippen LogP contribution in [0.4, 0.5) is 5.13 Å². The number of aromatic nitrogens is 1. The molecule has 3 atom stereocenters. The Bertz CT molecular complexity index is 433. The quantitative estimate of drug-likeness (QED) is 0.919. The van der Waals surface area contributed by atoms with Gasteiger partial charge in [-0.3, -0.25) is 4.90 Å². The van der Waals surface area contributed by atoms with E-state index in [0.29, 0.717) is 6.04 Å². The summed E-state index contributed by atoms with van der Waals surface area (Å²) in [7, 11) is 4.28. The first-order valence-electron chi connectivity index (χ1n) is 7.28. The van der Waals surface area contributed by atoms with Crippen LogP contribution in [0, 0.1) is 0 Å². The second-order valence-electron chi connectivity index (χ2n) is 5.85. The molecular weight excluding hydrogens is 256 g/mol. The largest absolute Gasteiger partial charge is 0.346 e. The summed E-state index contributed by atoms with van der Waals surface area (Å²) in [4.78, 5) is 9.90. The third kappa shape index (κ3) is 2.51. The van der Waals surface area contributed by atoms with Crippen molar-refractivity contribution in [3.63, 3.8) is 0 Å². The van der Waals surface area contributed by atoms with Gasteiger partial charge in [0, 0.05) is 36.6 Å². The van der Waals surface area contributed by atoms with Gasteiger partial charge in [-0.15, -0.1) is 11.3 Å². The molecule has 2 saturated heterocycles. The first-order valence-corrected chi connectivity index (χ1v) is 8.16. The van der Waals surface area contributed by atoms with E-state index in [0.717, 1.165) is 25.2 Å². The lowest BCUT2D eigenvalue weighted by atomic mass is 10.1. The van der Waals surface area contributed by atoms with Crippen molar-refractivity contribution in [2.75, 3.05) is 32.1 Å². The summed E-state index contributed by atoms with van der Waals surface area (Å²) in [6.07, 6.45) is 4.02. The van der Waals surface area contributed by atoms with Crippen LogP contribution in [0.5, 0.6) is 0 Å². The zero-order valence-electron chi connectivity index (χ0n) is 12.1. The van der Waals surface area contributed by atoms with Gasteiger partial charge in [0.05, 0.1) is 5.69 Å². The van der Waals surface area contributed by atoms with E-state index in [1.54, 1.807) is 11.3 Å². The monoisotopic (exact) mass is 280 g/mol. The van der Waals surface area contributed by atoms with Crippen LogP contribution in [0.1, 0.15) is 37.9 Å². The van der Waals surface area contributed by atoms with Crippen molar-refractivity contribution in [2.24, 2.45) is 0 Å². The Kier molecular flexibility index (Phi) is 3.78. The maximum Gasteiger partial charge on any atom is 0.185 e. The normalized spacial score (nSPS) is 29.5. The third-order valence-electron chi connectivity index (χ3n) is 4.81. The van der Waals surface area contributed by atoms with Crippen LogP contribution in [0.25, 0.3) is 0 Å². The molecule has 0 radical (unpaired) electrons. The summed E-state index contributed by atoms with van der Waals surface area (Å²) in [6, 6.07) is 1.86. The van der Waals surface area contributed by atoms with E-state index in [1.165, 1.54) is 30.1 Å². The number of rotatable bonds is 3. The maximum absolute atomic E-state index is 4.82. The highest BCUT2D eigenvalue weighted by atomic mass is 32.1. The van der Waals surface area contributed by atoms with Crippen molar-refractivity contribution in [2.45, 2.75) is 44.3 Å². The fourth-order valence-corrected chi connectivity index (χ4v) is 4.21. The van der Waals surface area contributed by atoms with E-state index in [4.69, 9.17) is 4.98 Å². The van der Waals surface area contributed by atoms with Crippen molar-refractivity contribution in [3.8, 4) is 0 Å². The average Bonchev–Trinajstić information content (AvgIpc) is 2.95. The molecule has 0 aliphatic carbocycles. The first kappa shape index (κ1) is 13.3. The zero-order valence-corrected chi connectivity index (χ0v) is 12.9. The number of nitrogens with one attached hydrogen (secondary N) is 1. The molecule has 106 valence electrons. The van der Waals surface area contributed by atoms with Gasteiger partial charge in [0.1, 0.15) is 0 Å². The van der Waals surface area contributed by atoms with Crippen LogP contribution in [0.3, 0.4) is 0 Å². The molecule has 0 aromatic carbocycles. The molecule has 3 rings (SSSR count). The van der Waals surface area contributed by atoms with Crippen LogP contribution >= 0.6 is 11.3 Å². The molecule has 4 nitrogen and oxygen atoms in total. The lowest BCUT2D eigenvalue weighted by Crippen LogP contribution is -2.36. The topological polar surface area (TPSA) is 31.4 Å². The second kappa shape index (κ2) is 5.38. The van der Waals surface area contributed by atoms with Gasteiger partial charge in [-0.25, -0.2) is 4.98 Å². The van der Waals surface area contributed by atoms with E-state index in [2.05, 4.69) is 34.5 Å². The molecule has 1 aromatic heterocycles. The third-order valence-corrected chi connectivity index (χ3v) is 5.73. The molecule has 2 fully saturated rings. The average molecular weight is 280 g/mol. The number of anilines is 1. The van der Waals surface area contributed by atoms with Gasteiger partial charge < -0.3 is 10.2 Å². The standard InChI is InChI=1S/C14H24N4S/c1-10(15-2)13-9-19-14(16-13)18-7-6-11-4-5-12(8-18)17(11)3/h9-12,15H,4-8H2,1-3H3. The molecule has 2 aliphatic heterocycles. The molecule has 5 heteroatoms. The van der Waals surface area contributed by atoms with E-state index >= 15 is 0 Å². The molecular formula is C14H24N4S. The SMILES string of the molecule is CNC(C)c1csc(N2CCC3CCC(C2)N3C)n1. The molecule has 1 N–H and O–H groups in total. The Morgan fingerprint density at radius 3 is 2.95 bits per heavy atom. The molecule has 19 heavy (non-hydrogen) atoms. The van der Waals surface area contributed by atoms with Crippen LogP contribution in [-0.4, -0.2) is 49.2 Å². The highest BCUT2D eigenvalue weighted by Gasteiger charge is 2.35. The smallest absolute Gasteiger partial charge is 0.185 e. The Morgan fingerprint density at radius 2 is 2.16 bits per heavy atom. The van der Waals surface area contributed by atoms with Crippen molar-refractivity contribution >= 4 is 16.5 Å². The Labute approximate surface area is 119 Å². The summed E-state index contributed by atoms with van der Waals surface area (Å²) >= 11 is 1.79. The highest BCUT2D eigenvalue weighted by molar-refractivity contribution is 7.13. The van der Waals surface area contributed by atoms with E-state index in [1.807, 2.05) is 7.05 Å². The number of nitrogens with zero attached hydrogens (tertiary/aromatic N) is 3. The van der Waals surface area contributed by atoms with E-state index in [9.17, 15) is 0 Å². The van der Waals surface area contributed by atoms with Gasteiger partial charge >= 0.3 is 0 Å². The van der Waals surface area contributed by atoms with E-state index in [-0.39, 0.29) is 0 Å². The van der Waals surface area contributed by atoms with Crippen molar-refractivity contribution in [1.29, 1.82) is 0 Å². The molecule has 0 amide bonds.